The Labute approximate surface area is 149 Å². The first-order valence-electron chi connectivity index (χ1n) is 7.98. The molecule has 2 atom stereocenters. The van der Waals surface area contributed by atoms with E-state index in [4.69, 9.17) is 4.74 Å². The fourth-order valence-electron chi connectivity index (χ4n) is 2.85. The number of carbonyl (C=O) groups excluding carboxylic acids is 1. The van der Waals surface area contributed by atoms with Crippen molar-refractivity contribution in [2.24, 2.45) is 0 Å². The highest BCUT2D eigenvalue weighted by atomic mass is 79.9. The molecule has 0 aliphatic carbocycles. The van der Waals surface area contributed by atoms with Crippen molar-refractivity contribution in [2.75, 3.05) is 18.0 Å². The summed E-state index contributed by atoms with van der Waals surface area (Å²) in [6.07, 6.45) is 3.95. The molecule has 2 aromatic heterocycles. The fourth-order valence-corrected chi connectivity index (χ4v) is 3.19. The van der Waals surface area contributed by atoms with Crippen LogP contribution in [0.5, 0.6) is 0 Å². The predicted octanol–water partition coefficient (Wildman–Crippen LogP) is 2.72. The van der Waals surface area contributed by atoms with Gasteiger partial charge in [-0.05, 0) is 47.5 Å². The minimum Gasteiger partial charge on any atom is -0.372 e. The van der Waals surface area contributed by atoms with Gasteiger partial charge in [0.15, 0.2) is 0 Å². The van der Waals surface area contributed by atoms with Crippen molar-refractivity contribution in [3.63, 3.8) is 0 Å². The first-order valence-corrected chi connectivity index (χ1v) is 8.78. The molecule has 1 amide bonds. The second kappa shape index (κ2) is 7.36. The van der Waals surface area contributed by atoms with Crippen molar-refractivity contribution in [1.82, 2.24) is 15.3 Å². The molecule has 0 spiro atoms. The van der Waals surface area contributed by atoms with Gasteiger partial charge in [0, 0.05) is 36.5 Å². The minimum absolute atomic E-state index is 0.138. The summed E-state index contributed by atoms with van der Waals surface area (Å²) in [5.41, 5.74) is 1.50. The molecule has 24 heavy (non-hydrogen) atoms. The van der Waals surface area contributed by atoms with Gasteiger partial charge >= 0.3 is 0 Å². The number of ether oxygens (including phenoxy) is 1. The average molecular weight is 393 g/mol. The maximum Gasteiger partial charge on any atom is 0.268 e. The highest BCUT2D eigenvalue weighted by molar-refractivity contribution is 9.10. The Morgan fingerprint density at radius 3 is 2.75 bits per heavy atom. The van der Waals surface area contributed by atoms with Crippen molar-refractivity contribution in [1.29, 1.82) is 0 Å². The van der Waals surface area contributed by atoms with Gasteiger partial charge in [0.25, 0.3) is 5.91 Å². The highest BCUT2D eigenvalue weighted by Crippen LogP contribution is 2.18. The number of hydrogen-bond donors (Lipinski definition) is 2. The molecule has 3 rings (SSSR count). The van der Waals surface area contributed by atoms with Crippen molar-refractivity contribution >= 4 is 27.7 Å². The topological polar surface area (TPSA) is 70.2 Å². The summed E-state index contributed by atoms with van der Waals surface area (Å²) in [6.45, 7) is 6.28. The van der Waals surface area contributed by atoms with Crippen LogP contribution in [-0.2, 0) is 11.3 Å². The lowest BCUT2D eigenvalue weighted by Crippen LogP contribution is -2.45. The summed E-state index contributed by atoms with van der Waals surface area (Å²) in [7, 11) is 0. The van der Waals surface area contributed by atoms with E-state index in [1.54, 1.807) is 12.3 Å². The molecule has 0 aromatic carbocycles. The molecular formula is C17H21BrN4O2. The quantitative estimate of drug-likeness (QED) is 0.838. The summed E-state index contributed by atoms with van der Waals surface area (Å²) < 4.78 is 6.60. The Bertz CT molecular complexity index is 691. The van der Waals surface area contributed by atoms with Crippen LogP contribution in [0.3, 0.4) is 0 Å². The number of anilines is 1. The molecule has 2 aromatic rings. The number of aromatic amines is 1. The Morgan fingerprint density at radius 1 is 1.42 bits per heavy atom. The molecule has 6 nitrogen and oxygen atoms in total. The molecule has 2 unspecified atom stereocenters. The van der Waals surface area contributed by atoms with Crippen molar-refractivity contribution in [2.45, 2.75) is 32.6 Å². The van der Waals surface area contributed by atoms with E-state index in [2.05, 4.69) is 50.0 Å². The van der Waals surface area contributed by atoms with Crippen LogP contribution in [0.25, 0.3) is 0 Å². The Hall–Kier alpha value is -1.86. The Morgan fingerprint density at radius 2 is 2.17 bits per heavy atom. The number of aromatic nitrogens is 2. The predicted molar refractivity (Wildman–Crippen MR) is 96.1 cm³/mol. The molecule has 1 aliphatic heterocycles. The van der Waals surface area contributed by atoms with E-state index < -0.39 is 0 Å². The maximum atomic E-state index is 12.0. The number of carbonyl (C=O) groups is 1. The molecule has 0 radical (unpaired) electrons. The SMILES string of the molecule is CC1CN(c2ccc(CNC(=O)c3cc(Br)c[nH]3)cn2)CC(C)O1. The van der Waals surface area contributed by atoms with E-state index in [0.29, 0.717) is 12.2 Å². The summed E-state index contributed by atoms with van der Waals surface area (Å²) >= 11 is 3.32. The molecule has 0 saturated carbocycles. The van der Waals surface area contributed by atoms with Gasteiger partial charge < -0.3 is 19.9 Å². The minimum atomic E-state index is -0.138. The first-order chi connectivity index (χ1) is 11.5. The molecule has 1 fully saturated rings. The lowest BCUT2D eigenvalue weighted by atomic mass is 10.2. The summed E-state index contributed by atoms with van der Waals surface area (Å²) in [5.74, 6) is 0.806. The molecule has 2 N–H and O–H groups in total. The van der Waals surface area contributed by atoms with Crippen LogP contribution < -0.4 is 10.2 Å². The van der Waals surface area contributed by atoms with Gasteiger partial charge in [0.2, 0.25) is 0 Å². The Balaban J connectivity index is 1.57. The maximum absolute atomic E-state index is 12.0. The highest BCUT2D eigenvalue weighted by Gasteiger charge is 2.22. The van der Waals surface area contributed by atoms with Gasteiger partial charge in [0.1, 0.15) is 11.5 Å². The Kier molecular flexibility index (Phi) is 5.20. The fraction of sp³-hybridized carbons (Fsp3) is 0.412. The zero-order valence-corrected chi connectivity index (χ0v) is 15.3. The van der Waals surface area contributed by atoms with Crippen molar-refractivity contribution < 1.29 is 9.53 Å². The molecule has 1 saturated heterocycles. The smallest absolute Gasteiger partial charge is 0.268 e. The van der Waals surface area contributed by atoms with Crippen LogP contribution in [0.2, 0.25) is 0 Å². The van der Waals surface area contributed by atoms with Crippen LogP contribution in [0.15, 0.2) is 35.1 Å². The van der Waals surface area contributed by atoms with Crippen molar-refractivity contribution in [3.05, 3.63) is 46.3 Å². The number of rotatable bonds is 4. The normalized spacial score (nSPS) is 20.9. The number of morpholine rings is 1. The van der Waals surface area contributed by atoms with Gasteiger partial charge in [-0.15, -0.1) is 0 Å². The van der Waals surface area contributed by atoms with Gasteiger partial charge in [-0.25, -0.2) is 4.98 Å². The van der Waals surface area contributed by atoms with Crippen LogP contribution in [0, 0.1) is 0 Å². The molecule has 3 heterocycles. The number of halogens is 1. The van der Waals surface area contributed by atoms with Gasteiger partial charge in [-0.1, -0.05) is 6.07 Å². The monoisotopic (exact) mass is 392 g/mol. The van der Waals surface area contributed by atoms with Gasteiger partial charge in [0.05, 0.1) is 12.2 Å². The van der Waals surface area contributed by atoms with E-state index in [0.717, 1.165) is 28.9 Å². The first kappa shape index (κ1) is 17.0. The number of nitrogens with one attached hydrogen (secondary N) is 2. The van der Waals surface area contributed by atoms with E-state index >= 15 is 0 Å². The largest absolute Gasteiger partial charge is 0.372 e. The van der Waals surface area contributed by atoms with Crippen LogP contribution in [0.1, 0.15) is 29.9 Å². The molecule has 128 valence electrons. The lowest BCUT2D eigenvalue weighted by Gasteiger charge is -2.36. The molecule has 7 heteroatoms. The summed E-state index contributed by atoms with van der Waals surface area (Å²) in [4.78, 5) is 21.7. The number of hydrogen-bond acceptors (Lipinski definition) is 4. The summed E-state index contributed by atoms with van der Waals surface area (Å²) in [5, 5.41) is 2.88. The third-order valence-electron chi connectivity index (χ3n) is 3.90. The van der Waals surface area contributed by atoms with Gasteiger partial charge in [-0.3, -0.25) is 4.79 Å². The van der Waals surface area contributed by atoms with Crippen LogP contribution >= 0.6 is 15.9 Å². The lowest BCUT2D eigenvalue weighted by molar-refractivity contribution is -0.00546. The second-order valence-corrected chi connectivity index (χ2v) is 7.02. The number of pyridine rings is 1. The number of amides is 1. The second-order valence-electron chi connectivity index (χ2n) is 6.10. The summed E-state index contributed by atoms with van der Waals surface area (Å²) in [6, 6.07) is 5.74. The third-order valence-corrected chi connectivity index (χ3v) is 4.36. The zero-order chi connectivity index (χ0) is 17.1. The zero-order valence-electron chi connectivity index (χ0n) is 13.8. The van der Waals surface area contributed by atoms with E-state index in [-0.39, 0.29) is 18.1 Å². The molecule has 0 bridgehead atoms. The average Bonchev–Trinajstić information content (AvgIpc) is 2.99. The number of nitrogens with zero attached hydrogens (tertiary/aromatic N) is 2. The van der Waals surface area contributed by atoms with E-state index in [1.807, 2.05) is 18.3 Å². The number of H-pyrrole nitrogens is 1. The van der Waals surface area contributed by atoms with E-state index in [1.165, 1.54) is 0 Å². The van der Waals surface area contributed by atoms with Crippen LogP contribution in [-0.4, -0.2) is 41.2 Å². The third kappa shape index (κ3) is 4.15. The van der Waals surface area contributed by atoms with E-state index in [9.17, 15) is 4.79 Å². The van der Waals surface area contributed by atoms with Crippen molar-refractivity contribution in [3.8, 4) is 0 Å². The standard InChI is InChI=1S/C17H21BrN4O2/c1-11-9-22(10-12(2)24-11)16-4-3-13(6-20-16)7-21-17(23)15-5-14(18)8-19-15/h3-6,8,11-12,19H,7,9-10H2,1-2H3,(H,21,23). The molecule has 1 aliphatic rings. The van der Waals surface area contributed by atoms with Crippen LogP contribution in [0.4, 0.5) is 5.82 Å². The van der Waals surface area contributed by atoms with Gasteiger partial charge in [-0.2, -0.15) is 0 Å². The molecular weight excluding hydrogens is 372 g/mol.